The maximum absolute atomic E-state index is 5.68. The molecule has 0 unspecified atom stereocenters. The van der Waals surface area contributed by atoms with Crippen molar-refractivity contribution in [3.05, 3.63) is 0 Å². The van der Waals surface area contributed by atoms with E-state index in [1.807, 2.05) is 6.92 Å². The van der Waals surface area contributed by atoms with E-state index in [2.05, 4.69) is 0 Å². The molecule has 0 aliphatic rings. The second-order valence-electron chi connectivity index (χ2n) is 1.95. The largest absolute Gasteiger partial charge is 1.00 e. The zero-order valence-electron chi connectivity index (χ0n) is 6.51. The van der Waals surface area contributed by atoms with E-state index in [1.54, 1.807) is 0 Å². The molecule has 83 valence electrons. The van der Waals surface area contributed by atoms with Crippen LogP contribution in [-0.4, -0.2) is 32.6 Å². The van der Waals surface area contributed by atoms with E-state index in [1.165, 1.54) is 0 Å². The van der Waals surface area contributed by atoms with Crippen LogP contribution in [-0.2, 0) is 0 Å². The Kier molecular flexibility index (Phi) is 19.2. The van der Waals surface area contributed by atoms with Crippen molar-refractivity contribution in [2.45, 2.75) is 27.9 Å². The Morgan fingerprint density at radius 3 is 1.31 bits per heavy atom. The van der Waals surface area contributed by atoms with Gasteiger partial charge in [0.15, 0.2) is 4.33 Å². The van der Waals surface area contributed by atoms with Crippen LogP contribution in [0.4, 0.5) is 0 Å². The fourth-order valence-electron chi connectivity index (χ4n) is 0.456. The summed E-state index contributed by atoms with van der Waals surface area (Å²) >= 11 is 27.8. The van der Waals surface area contributed by atoms with Gasteiger partial charge in [0.05, 0.1) is 0 Å². The smallest absolute Gasteiger partial charge is 0.223 e. The predicted octanol–water partition coefficient (Wildman–Crippen LogP) is -2.04. The molecule has 0 aliphatic heterocycles. The van der Waals surface area contributed by atoms with Gasteiger partial charge in [-0.05, 0) is 6.42 Å². The number of halogens is 7. The summed E-state index contributed by atoms with van der Waals surface area (Å²) in [5.74, 6) is 0. The van der Waals surface area contributed by atoms with Crippen LogP contribution in [0.1, 0.15) is 19.8 Å². The third-order valence-electron chi connectivity index (χ3n) is 0.979. The van der Waals surface area contributed by atoms with Crippen LogP contribution < -0.4 is 24.8 Å². The summed E-state index contributed by atoms with van der Waals surface area (Å²) in [4.78, 5) is 0. The number of hydrogen-bond donors (Lipinski definition) is 0. The van der Waals surface area contributed by atoms with Crippen LogP contribution in [0, 0.1) is 0 Å². The second-order valence-corrected chi connectivity index (χ2v) is 5.72. The van der Waals surface area contributed by atoms with Crippen molar-refractivity contribution in [1.29, 1.82) is 0 Å². The van der Waals surface area contributed by atoms with Crippen molar-refractivity contribution in [3.63, 3.8) is 0 Å². The van der Waals surface area contributed by atoms with E-state index >= 15 is 0 Å². The van der Waals surface area contributed by atoms with Crippen molar-refractivity contribution >= 4 is 82.4 Å². The van der Waals surface area contributed by atoms with Gasteiger partial charge in [0.1, 0.15) is 0 Å². The van der Waals surface area contributed by atoms with Crippen LogP contribution in [0.5, 0.6) is 0 Å². The van der Waals surface area contributed by atoms with Crippen molar-refractivity contribution in [3.8, 4) is 0 Å². The summed E-state index contributed by atoms with van der Waals surface area (Å²) in [6.07, 6.45) is 1.24. The van der Waals surface area contributed by atoms with Crippen molar-refractivity contribution in [2.75, 3.05) is 0 Å². The minimum Gasteiger partial charge on any atom is -1.00 e. The van der Waals surface area contributed by atoms with Crippen LogP contribution in [0.2, 0.25) is 0 Å². The molecular weight excluding hydrogens is 430 g/mol. The number of hydrogen-bond acceptors (Lipinski definition) is 0. The summed E-state index contributed by atoms with van der Waals surface area (Å²) < 4.78 is -2.88. The number of rotatable bonds is 2. The van der Waals surface area contributed by atoms with Crippen LogP contribution >= 0.6 is 58.0 Å². The Balaban J connectivity index is -0.000000135. The molecule has 0 bridgehead atoms. The van der Waals surface area contributed by atoms with Gasteiger partial charge in [-0.1, -0.05) is 71.3 Å². The van der Waals surface area contributed by atoms with Gasteiger partial charge >= 0.3 is 0 Å². The molecule has 0 atom stereocenters. The monoisotopic (exact) mass is 433 g/mol. The third-order valence-corrected chi connectivity index (χ3v) is 3.47. The fraction of sp³-hybridized carbons (Fsp3) is 1.00. The van der Waals surface area contributed by atoms with Gasteiger partial charge in [0, 0.05) is 24.4 Å². The average Bonchev–Trinajstić information content (AvgIpc) is 1.61. The van der Waals surface area contributed by atoms with Gasteiger partial charge < -0.3 is 24.8 Å². The van der Waals surface area contributed by atoms with E-state index in [9.17, 15) is 0 Å². The molecule has 0 aromatic rings. The normalized spacial score (nSPS) is 10.6. The number of alkyl halides is 5. The minimum absolute atomic E-state index is 0. The van der Waals surface area contributed by atoms with Crippen LogP contribution in [0.25, 0.3) is 0 Å². The Morgan fingerprint density at radius 1 is 0.923 bits per heavy atom. The molecule has 0 aromatic heterocycles. The molecule has 0 spiro atoms. The fourth-order valence-corrected chi connectivity index (χ4v) is 1.12. The van der Waals surface area contributed by atoms with Crippen molar-refractivity contribution < 1.29 is 24.8 Å². The molecule has 0 fully saturated rings. The minimum atomic E-state index is -1.61. The Hall–Kier alpha value is 2.85. The first kappa shape index (κ1) is 24.9. The van der Waals surface area contributed by atoms with E-state index < -0.39 is 8.13 Å². The Bertz CT molecular complexity index is 110. The van der Waals surface area contributed by atoms with Crippen LogP contribution in [0.3, 0.4) is 0 Å². The van der Waals surface area contributed by atoms with Gasteiger partial charge in [0.2, 0.25) is 3.79 Å². The van der Waals surface area contributed by atoms with Gasteiger partial charge in [-0.25, -0.2) is 0 Å². The summed E-state index contributed by atoms with van der Waals surface area (Å²) in [5, 5.41) is 0. The van der Waals surface area contributed by atoms with Crippen molar-refractivity contribution in [2.24, 2.45) is 0 Å². The van der Waals surface area contributed by atoms with Gasteiger partial charge in [-0.3, -0.25) is 0 Å². The third kappa shape index (κ3) is 9.76. The standard InChI is InChI=1S/C5H7Cl5.2ClH.Sb/c1-2-3-4(6,7)5(8,9)10;;;/h2-3H2,1H3;2*1H;/p-2. The maximum Gasteiger partial charge on any atom is 0.223 e. The molecule has 0 saturated carbocycles. The molecule has 0 heterocycles. The van der Waals surface area contributed by atoms with Crippen LogP contribution in [0.15, 0.2) is 0 Å². The Labute approximate surface area is 134 Å². The molecule has 3 radical (unpaired) electrons. The zero-order chi connectivity index (χ0) is 8.41. The first-order chi connectivity index (χ1) is 4.31. The molecule has 0 amide bonds. The van der Waals surface area contributed by atoms with E-state index in [0.717, 1.165) is 6.42 Å². The SMILES string of the molecule is CCCC(Cl)(Cl)C(Cl)(Cl)Cl.[Cl-].[Cl-].[Sb]. The van der Waals surface area contributed by atoms with E-state index in [4.69, 9.17) is 58.0 Å². The Morgan fingerprint density at radius 2 is 1.23 bits per heavy atom. The summed E-state index contributed by atoms with van der Waals surface area (Å²) in [5.41, 5.74) is 0. The molecule has 13 heavy (non-hydrogen) atoms. The van der Waals surface area contributed by atoms with E-state index in [0.29, 0.717) is 6.42 Å². The molecule has 0 nitrogen and oxygen atoms in total. The first-order valence-corrected chi connectivity index (χ1v) is 4.65. The molecule has 0 rings (SSSR count). The molecule has 8 heteroatoms. The average molecular weight is 437 g/mol. The molecule has 0 aromatic carbocycles. The topological polar surface area (TPSA) is 0 Å². The predicted molar refractivity (Wildman–Crippen MR) is 55.4 cm³/mol. The van der Waals surface area contributed by atoms with Gasteiger partial charge in [-0.15, -0.1) is 0 Å². The zero-order valence-corrected chi connectivity index (χ0v) is 14.4. The maximum atomic E-state index is 5.68. The molecule has 0 N–H and O–H groups in total. The van der Waals surface area contributed by atoms with Crippen molar-refractivity contribution in [1.82, 2.24) is 0 Å². The molecule has 0 aliphatic carbocycles. The quantitative estimate of drug-likeness (QED) is 0.345. The summed E-state index contributed by atoms with van der Waals surface area (Å²) in [6.45, 7) is 1.91. The van der Waals surface area contributed by atoms with Gasteiger partial charge in [-0.2, -0.15) is 0 Å². The summed E-state index contributed by atoms with van der Waals surface area (Å²) in [7, 11) is 0. The molecule has 0 saturated heterocycles. The summed E-state index contributed by atoms with van der Waals surface area (Å²) in [6, 6.07) is 0. The van der Waals surface area contributed by atoms with Gasteiger partial charge in [0.25, 0.3) is 0 Å². The second kappa shape index (κ2) is 10.0. The molecular formula is C5H7Cl7Sb-2. The van der Waals surface area contributed by atoms with E-state index in [-0.39, 0.29) is 49.2 Å². The first-order valence-electron chi connectivity index (χ1n) is 2.76.